The Hall–Kier alpha value is -3.68. The van der Waals surface area contributed by atoms with Crippen molar-refractivity contribution in [3.8, 4) is 0 Å². The van der Waals surface area contributed by atoms with Crippen LogP contribution in [-0.2, 0) is 9.47 Å². The molecule has 28 heavy (non-hydrogen) atoms. The Morgan fingerprint density at radius 3 is 1.50 bits per heavy atom. The standard InChI is InChI=1S/C20H16N2O6/c1-3-27-19(25)11-5-7-15-13(9-11)17(23)22-16-8-6-12(20(26)28-4-2)10-14(16)18(24)21(15)22/h5-10H,3-4H2,1-2H3. The van der Waals surface area contributed by atoms with E-state index in [0.29, 0.717) is 11.0 Å². The molecule has 0 saturated carbocycles. The summed E-state index contributed by atoms with van der Waals surface area (Å²) in [6, 6.07) is 8.94. The third-order valence-corrected chi connectivity index (χ3v) is 4.52. The van der Waals surface area contributed by atoms with Crippen LogP contribution in [0.15, 0.2) is 46.0 Å². The highest BCUT2D eigenvalue weighted by atomic mass is 16.5. The molecule has 0 saturated heterocycles. The summed E-state index contributed by atoms with van der Waals surface area (Å²) in [4.78, 5) is 49.7. The molecule has 2 aromatic carbocycles. The van der Waals surface area contributed by atoms with E-state index in [0.717, 1.165) is 0 Å². The van der Waals surface area contributed by atoms with Crippen LogP contribution in [0.25, 0.3) is 21.8 Å². The number of aromatic nitrogens is 2. The van der Waals surface area contributed by atoms with Gasteiger partial charge in [-0.2, -0.15) is 0 Å². The average Bonchev–Trinajstić information content (AvgIpc) is 3.15. The molecule has 0 N–H and O–H groups in total. The minimum atomic E-state index is -0.536. The maximum Gasteiger partial charge on any atom is 0.338 e. The Morgan fingerprint density at radius 2 is 1.14 bits per heavy atom. The van der Waals surface area contributed by atoms with Crippen LogP contribution < -0.4 is 11.1 Å². The highest BCUT2D eigenvalue weighted by molar-refractivity contribution is 5.97. The number of carbonyl (C=O) groups is 2. The Kier molecular flexibility index (Phi) is 4.11. The van der Waals surface area contributed by atoms with E-state index in [2.05, 4.69) is 0 Å². The number of rotatable bonds is 4. The van der Waals surface area contributed by atoms with Crippen LogP contribution in [-0.4, -0.2) is 34.2 Å². The van der Waals surface area contributed by atoms with Crippen LogP contribution in [0.1, 0.15) is 34.6 Å². The van der Waals surface area contributed by atoms with Gasteiger partial charge in [0.1, 0.15) is 0 Å². The molecule has 8 nitrogen and oxygen atoms in total. The minimum absolute atomic E-state index is 0.219. The monoisotopic (exact) mass is 380 g/mol. The van der Waals surface area contributed by atoms with Gasteiger partial charge in [0.05, 0.1) is 46.1 Å². The van der Waals surface area contributed by atoms with Crippen molar-refractivity contribution in [2.45, 2.75) is 13.8 Å². The van der Waals surface area contributed by atoms with Crippen molar-refractivity contribution in [3.63, 3.8) is 0 Å². The van der Waals surface area contributed by atoms with E-state index in [1.165, 1.54) is 45.4 Å². The van der Waals surface area contributed by atoms with Gasteiger partial charge in [0.25, 0.3) is 11.1 Å². The molecule has 0 spiro atoms. The van der Waals surface area contributed by atoms with Gasteiger partial charge >= 0.3 is 11.9 Å². The van der Waals surface area contributed by atoms with Gasteiger partial charge < -0.3 is 9.47 Å². The molecule has 0 aliphatic heterocycles. The van der Waals surface area contributed by atoms with Crippen LogP contribution in [0.3, 0.4) is 0 Å². The van der Waals surface area contributed by atoms with E-state index in [9.17, 15) is 19.2 Å². The Balaban J connectivity index is 1.99. The topological polar surface area (TPSA) is 95.6 Å². The summed E-state index contributed by atoms with van der Waals surface area (Å²) < 4.78 is 12.4. The zero-order valence-corrected chi connectivity index (χ0v) is 15.2. The van der Waals surface area contributed by atoms with Crippen LogP contribution in [0.4, 0.5) is 0 Å². The molecule has 0 fully saturated rings. The first-order valence-corrected chi connectivity index (χ1v) is 8.79. The number of benzene rings is 2. The van der Waals surface area contributed by atoms with Crippen molar-refractivity contribution in [2.75, 3.05) is 13.2 Å². The number of hydrogen-bond donors (Lipinski definition) is 0. The quantitative estimate of drug-likeness (QED) is 0.502. The predicted molar refractivity (Wildman–Crippen MR) is 101 cm³/mol. The molecule has 0 aliphatic rings. The molecular weight excluding hydrogens is 364 g/mol. The molecule has 4 aromatic rings. The van der Waals surface area contributed by atoms with Gasteiger partial charge in [-0.05, 0) is 50.2 Å². The Morgan fingerprint density at radius 1 is 0.750 bits per heavy atom. The zero-order chi connectivity index (χ0) is 20.0. The summed E-state index contributed by atoms with van der Waals surface area (Å²) in [7, 11) is 0. The predicted octanol–water partition coefficient (Wildman–Crippen LogP) is 1.86. The minimum Gasteiger partial charge on any atom is -0.462 e. The van der Waals surface area contributed by atoms with Crippen molar-refractivity contribution >= 4 is 33.7 Å². The van der Waals surface area contributed by atoms with Gasteiger partial charge in [-0.15, -0.1) is 0 Å². The maximum absolute atomic E-state index is 12.9. The van der Waals surface area contributed by atoms with E-state index in [1.807, 2.05) is 0 Å². The average molecular weight is 380 g/mol. The summed E-state index contributed by atoms with van der Waals surface area (Å²) in [6.45, 7) is 3.82. The lowest BCUT2D eigenvalue weighted by molar-refractivity contribution is 0.0517. The molecule has 4 rings (SSSR count). The van der Waals surface area contributed by atoms with E-state index in [4.69, 9.17) is 9.47 Å². The van der Waals surface area contributed by atoms with Crippen LogP contribution in [0, 0.1) is 0 Å². The summed E-state index contributed by atoms with van der Waals surface area (Å²) in [5.41, 5.74) is 0.353. The molecular formula is C20H16N2O6. The lowest BCUT2D eigenvalue weighted by atomic mass is 10.1. The fourth-order valence-electron chi connectivity index (χ4n) is 3.31. The fraction of sp³-hybridized carbons (Fsp3) is 0.200. The van der Waals surface area contributed by atoms with E-state index in [-0.39, 0.29) is 35.1 Å². The van der Waals surface area contributed by atoms with Crippen LogP contribution in [0.2, 0.25) is 0 Å². The number of fused-ring (bicyclic) bond motifs is 5. The SMILES string of the molecule is CCOC(=O)c1ccc2c(c1)c(=O)n1c3ccc(C(=O)OCC)cc3c(=O)n21. The van der Waals surface area contributed by atoms with Crippen molar-refractivity contribution in [2.24, 2.45) is 0 Å². The number of ether oxygens (including phenoxy) is 2. The number of hydrogen-bond acceptors (Lipinski definition) is 6. The molecule has 2 heterocycles. The first kappa shape index (κ1) is 17.7. The third-order valence-electron chi connectivity index (χ3n) is 4.52. The Bertz CT molecular complexity index is 1260. The van der Waals surface area contributed by atoms with E-state index >= 15 is 0 Å². The van der Waals surface area contributed by atoms with E-state index < -0.39 is 23.1 Å². The fourth-order valence-corrected chi connectivity index (χ4v) is 3.31. The summed E-state index contributed by atoms with van der Waals surface area (Å²) in [5, 5.41) is 0.470. The number of carbonyl (C=O) groups excluding carboxylic acids is 2. The van der Waals surface area contributed by atoms with E-state index in [1.54, 1.807) is 13.8 Å². The molecule has 0 unspecified atom stereocenters. The summed E-state index contributed by atoms with van der Waals surface area (Å²) in [6.07, 6.45) is 0. The van der Waals surface area contributed by atoms with Crippen molar-refractivity contribution < 1.29 is 19.1 Å². The first-order valence-electron chi connectivity index (χ1n) is 8.79. The van der Waals surface area contributed by atoms with Gasteiger partial charge in [-0.3, -0.25) is 9.59 Å². The summed E-state index contributed by atoms with van der Waals surface area (Å²) >= 11 is 0. The zero-order valence-electron chi connectivity index (χ0n) is 15.2. The second-order valence-corrected chi connectivity index (χ2v) is 6.14. The lowest BCUT2D eigenvalue weighted by Crippen LogP contribution is -2.13. The normalized spacial score (nSPS) is 11.4. The molecule has 0 radical (unpaired) electrons. The molecule has 8 heteroatoms. The molecule has 0 bridgehead atoms. The second kappa shape index (κ2) is 6.49. The molecule has 2 aromatic heterocycles. The van der Waals surface area contributed by atoms with Gasteiger partial charge in [0.2, 0.25) is 0 Å². The van der Waals surface area contributed by atoms with Gasteiger partial charge in [-0.25, -0.2) is 18.6 Å². The molecule has 0 amide bonds. The van der Waals surface area contributed by atoms with Gasteiger partial charge in [0, 0.05) is 0 Å². The largest absolute Gasteiger partial charge is 0.462 e. The maximum atomic E-state index is 12.9. The lowest BCUT2D eigenvalue weighted by Gasteiger charge is -2.01. The van der Waals surface area contributed by atoms with Gasteiger partial charge in [-0.1, -0.05) is 0 Å². The van der Waals surface area contributed by atoms with Gasteiger partial charge in [0.15, 0.2) is 0 Å². The highest BCUT2D eigenvalue weighted by Gasteiger charge is 2.20. The van der Waals surface area contributed by atoms with Crippen LogP contribution >= 0.6 is 0 Å². The molecule has 0 aliphatic carbocycles. The first-order chi connectivity index (χ1) is 13.5. The second-order valence-electron chi connectivity index (χ2n) is 6.14. The highest BCUT2D eigenvalue weighted by Crippen LogP contribution is 2.19. The van der Waals surface area contributed by atoms with Crippen molar-refractivity contribution in [1.82, 2.24) is 9.03 Å². The van der Waals surface area contributed by atoms with Crippen LogP contribution in [0.5, 0.6) is 0 Å². The number of nitrogens with zero attached hydrogens (tertiary/aromatic N) is 2. The number of esters is 2. The van der Waals surface area contributed by atoms with Crippen molar-refractivity contribution in [1.29, 1.82) is 0 Å². The molecule has 142 valence electrons. The van der Waals surface area contributed by atoms with Crippen molar-refractivity contribution in [3.05, 3.63) is 68.2 Å². The summed E-state index contributed by atoms with van der Waals surface area (Å²) in [5.74, 6) is -1.07. The smallest absolute Gasteiger partial charge is 0.338 e. The molecule has 0 atom stereocenters. The third kappa shape index (κ3) is 2.45. The Labute approximate surface area is 157 Å².